The molecule has 1 heterocycles. The zero-order valence-electron chi connectivity index (χ0n) is 13.5. The second-order valence-corrected chi connectivity index (χ2v) is 6.52. The molecule has 1 saturated carbocycles. The van der Waals surface area contributed by atoms with E-state index >= 15 is 0 Å². The molecule has 0 unspecified atom stereocenters. The summed E-state index contributed by atoms with van der Waals surface area (Å²) in [5.41, 5.74) is 0.972. The smallest absolute Gasteiger partial charge is 0.305 e. The fourth-order valence-electron chi connectivity index (χ4n) is 3.44. The van der Waals surface area contributed by atoms with Crippen LogP contribution >= 0.6 is 0 Å². The second kappa shape index (κ2) is 7.30. The van der Waals surface area contributed by atoms with Gasteiger partial charge in [-0.25, -0.2) is 4.39 Å². The minimum atomic E-state index is -0.897. The predicted octanol–water partition coefficient (Wildman–Crippen LogP) is 2.41. The number of benzene rings is 1. The highest BCUT2D eigenvalue weighted by Crippen LogP contribution is 2.48. The molecule has 5 nitrogen and oxygen atoms in total. The average Bonchev–Trinajstić information content (AvgIpc) is 3.37. The van der Waals surface area contributed by atoms with Crippen molar-refractivity contribution in [2.75, 3.05) is 19.8 Å². The van der Waals surface area contributed by atoms with E-state index in [0.717, 1.165) is 24.8 Å². The number of hydrogen-bond donors (Lipinski definition) is 1. The molecule has 0 bridgehead atoms. The fourth-order valence-corrected chi connectivity index (χ4v) is 3.44. The van der Waals surface area contributed by atoms with E-state index in [1.54, 1.807) is 17.0 Å². The standard InChI is InChI=1S/C18H22FNO4/c19-13-3-1-12(2-4-13)15-11-16(15)18(23)20(8-5-17(21)22)14-6-9-24-10-7-14/h1-4,14-16H,5-11H2,(H,21,22)/t15-,16-/m1/s1. The number of aliphatic carboxylic acids is 1. The Morgan fingerprint density at radius 2 is 1.88 bits per heavy atom. The summed E-state index contributed by atoms with van der Waals surface area (Å²) < 4.78 is 18.4. The summed E-state index contributed by atoms with van der Waals surface area (Å²) in [6.07, 6.45) is 2.20. The summed E-state index contributed by atoms with van der Waals surface area (Å²) in [4.78, 5) is 25.5. The molecule has 6 heteroatoms. The van der Waals surface area contributed by atoms with E-state index in [9.17, 15) is 14.0 Å². The number of carbonyl (C=O) groups is 2. The van der Waals surface area contributed by atoms with Gasteiger partial charge in [0.1, 0.15) is 5.82 Å². The molecular formula is C18H22FNO4. The number of amides is 1. The van der Waals surface area contributed by atoms with Crippen molar-refractivity contribution in [1.29, 1.82) is 0 Å². The van der Waals surface area contributed by atoms with Crippen LogP contribution in [0.4, 0.5) is 4.39 Å². The van der Waals surface area contributed by atoms with E-state index in [0.29, 0.717) is 13.2 Å². The largest absolute Gasteiger partial charge is 0.481 e. The van der Waals surface area contributed by atoms with Crippen LogP contribution in [0.1, 0.15) is 37.2 Å². The molecule has 1 aliphatic carbocycles. The zero-order valence-corrected chi connectivity index (χ0v) is 13.5. The molecule has 130 valence electrons. The van der Waals surface area contributed by atoms with Gasteiger partial charge in [-0.2, -0.15) is 0 Å². The number of carboxylic acids is 1. The zero-order chi connectivity index (χ0) is 17.1. The first-order chi connectivity index (χ1) is 11.6. The summed E-state index contributed by atoms with van der Waals surface area (Å²) >= 11 is 0. The van der Waals surface area contributed by atoms with Crippen LogP contribution in [0.25, 0.3) is 0 Å². The van der Waals surface area contributed by atoms with Crippen LogP contribution in [0, 0.1) is 11.7 Å². The Bertz CT molecular complexity index is 598. The van der Waals surface area contributed by atoms with E-state index in [1.807, 2.05) is 0 Å². The van der Waals surface area contributed by atoms with Gasteiger partial charge in [-0.1, -0.05) is 12.1 Å². The lowest BCUT2D eigenvalue weighted by Crippen LogP contribution is -2.45. The number of carbonyl (C=O) groups excluding carboxylic acids is 1. The summed E-state index contributed by atoms with van der Waals surface area (Å²) in [7, 11) is 0. The molecule has 0 spiro atoms. The molecule has 1 aromatic rings. The topological polar surface area (TPSA) is 66.8 Å². The third-order valence-electron chi connectivity index (χ3n) is 4.89. The molecule has 1 saturated heterocycles. The molecule has 1 amide bonds. The van der Waals surface area contributed by atoms with E-state index in [2.05, 4.69) is 0 Å². The number of nitrogens with zero attached hydrogens (tertiary/aromatic N) is 1. The minimum absolute atomic E-state index is 0.0254. The van der Waals surface area contributed by atoms with Crippen LogP contribution in [0.15, 0.2) is 24.3 Å². The highest BCUT2D eigenvalue weighted by atomic mass is 19.1. The van der Waals surface area contributed by atoms with Crippen molar-refractivity contribution in [1.82, 2.24) is 4.90 Å². The van der Waals surface area contributed by atoms with Crippen LogP contribution in [0.3, 0.4) is 0 Å². The molecule has 3 rings (SSSR count). The normalized spacial score (nSPS) is 23.7. The van der Waals surface area contributed by atoms with E-state index < -0.39 is 5.97 Å². The van der Waals surface area contributed by atoms with Crippen molar-refractivity contribution in [2.24, 2.45) is 5.92 Å². The summed E-state index contributed by atoms with van der Waals surface area (Å²) in [5.74, 6) is -1.16. The molecule has 1 aromatic carbocycles. The van der Waals surface area contributed by atoms with Gasteiger partial charge in [0.25, 0.3) is 0 Å². The van der Waals surface area contributed by atoms with Gasteiger partial charge in [0, 0.05) is 31.7 Å². The van der Waals surface area contributed by atoms with Crippen LogP contribution < -0.4 is 0 Å². The maximum absolute atomic E-state index is 13.0. The second-order valence-electron chi connectivity index (χ2n) is 6.52. The van der Waals surface area contributed by atoms with Crippen molar-refractivity contribution in [3.63, 3.8) is 0 Å². The third kappa shape index (κ3) is 3.93. The first-order valence-corrected chi connectivity index (χ1v) is 8.41. The highest BCUT2D eigenvalue weighted by molar-refractivity contribution is 5.83. The molecule has 2 fully saturated rings. The molecular weight excluding hydrogens is 313 g/mol. The molecule has 1 aliphatic heterocycles. The molecule has 0 aromatic heterocycles. The average molecular weight is 335 g/mol. The maximum atomic E-state index is 13.0. The van der Waals surface area contributed by atoms with Crippen molar-refractivity contribution in [3.05, 3.63) is 35.6 Å². The molecule has 2 aliphatic rings. The Hall–Kier alpha value is -1.95. The lowest BCUT2D eigenvalue weighted by molar-refractivity contribution is -0.141. The minimum Gasteiger partial charge on any atom is -0.481 e. The summed E-state index contributed by atoms with van der Waals surface area (Å²) in [6.45, 7) is 1.45. The SMILES string of the molecule is O=C(O)CCN(C(=O)[C@@H]1C[C@@H]1c1ccc(F)cc1)C1CCOCC1. The van der Waals surface area contributed by atoms with Crippen molar-refractivity contribution < 1.29 is 23.8 Å². The monoisotopic (exact) mass is 335 g/mol. The van der Waals surface area contributed by atoms with Gasteiger partial charge in [-0.15, -0.1) is 0 Å². The van der Waals surface area contributed by atoms with Crippen molar-refractivity contribution in [3.8, 4) is 0 Å². The van der Waals surface area contributed by atoms with Gasteiger partial charge in [0.15, 0.2) is 0 Å². The van der Waals surface area contributed by atoms with Crippen LogP contribution in [-0.4, -0.2) is 47.7 Å². The van der Waals surface area contributed by atoms with Gasteiger partial charge in [0.05, 0.1) is 6.42 Å². The van der Waals surface area contributed by atoms with Gasteiger partial charge in [-0.05, 0) is 42.9 Å². The maximum Gasteiger partial charge on any atom is 0.305 e. The Labute approximate surface area is 140 Å². The summed E-state index contributed by atoms with van der Waals surface area (Å²) in [5, 5.41) is 8.95. The summed E-state index contributed by atoms with van der Waals surface area (Å²) in [6, 6.07) is 6.33. The molecule has 2 atom stereocenters. The fraction of sp³-hybridized carbons (Fsp3) is 0.556. The Balaban J connectivity index is 1.66. The number of halogens is 1. The quantitative estimate of drug-likeness (QED) is 0.867. The van der Waals surface area contributed by atoms with Gasteiger partial charge in [-0.3, -0.25) is 9.59 Å². The van der Waals surface area contributed by atoms with Gasteiger partial charge >= 0.3 is 5.97 Å². The van der Waals surface area contributed by atoms with E-state index in [1.165, 1.54) is 12.1 Å². The number of ether oxygens (including phenoxy) is 1. The lowest BCUT2D eigenvalue weighted by Gasteiger charge is -2.34. The third-order valence-corrected chi connectivity index (χ3v) is 4.89. The Morgan fingerprint density at radius 3 is 2.50 bits per heavy atom. The number of carboxylic acid groups (broad SMARTS) is 1. The Morgan fingerprint density at radius 1 is 1.21 bits per heavy atom. The van der Waals surface area contributed by atoms with E-state index in [-0.39, 0.29) is 42.6 Å². The Kier molecular flexibility index (Phi) is 5.14. The van der Waals surface area contributed by atoms with E-state index in [4.69, 9.17) is 9.84 Å². The van der Waals surface area contributed by atoms with Crippen LogP contribution in [-0.2, 0) is 14.3 Å². The van der Waals surface area contributed by atoms with Crippen molar-refractivity contribution in [2.45, 2.75) is 37.6 Å². The van der Waals surface area contributed by atoms with Crippen molar-refractivity contribution >= 4 is 11.9 Å². The van der Waals surface area contributed by atoms with Gasteiger partial charge in [0.2, 0.25) is 5.91 Å². The number of rotatable bonds is 6. The lowest BCUT2D eigenvalue weighted by atomic mass is 10.0. The first kappa shape index (κ1) is 16.9. The number of hydrogen-bond acceptors (Lipinski definition) is 3. The molecule has 24 heavy (non-hydrogen) atoms. The molecule has 1 N–H and O–H groups in total. The first-order valence-electron chi connectivity index (χ1n) is 8.41. The van der Waals surface area contributed by atoms with Crippen LogP contribution in [0.2, 0.25) is 0 Å². The molecule has 0 radical (unpaired) electrons. The van der Waals surface area contributed by atoms with Crippen LogP contribution in [0.5, 0.6) is 0 Å². The van der Waals surface area contributed by atoms with Gasteiger partial charge < -0.3 is 14.7 Å². The highest BCUT2D eigenvalue weighted by Gasteiger charge is 2.46. The predicted molar refractivity (Wildman–Crippen MR) is 85.1 cm³/mol.